The Bertz CT molecular complexity index is 345. The van der Waals surface area contributed by atoms with Gasteiger partial charge in [0.2, 0.25) is 0 Å². The van der Waals surface area contributed by atoms with Crippen molar-refractivity contribution in [3.8, 4) is 5.75 Å². The van der Waals surface area contributed by atoms with E-state index in [4.69, 9.17) is 9.47 Å². The topological polar surface area (TPSA) is 30.5 Å². The molecule has 0 amide bonds. The van der Waals surface area contributed by atoms with E-state index in [1.54, 1.807) is 0 Å². The molecule has 2 heterocycles. The van der Waals surface area contributed by atoms with Crippen molar-refractivity contribution in [2.24, 2.45) is 0 Å². The SMILES string of the molecule is c1ccc2c(c1)OCCC21CNCO1. The van der Waals surface area contributed by atoms with Crippen molar-refractivity contribution in [2.45, 2.75) is 12.0 Å². The fraction of sp³-hybridized carbons (Fsp3) is 0.455. The van der Waals surface area contributed by atoms with Crippen molar-refractivity contribution in [2.75, 3.05) is 19.9 Å². The van der Waals surface area contributed by atoms with Gasteiger partial charge in [-0.2, -0.15) is 0 Å². The molecule has 1 aromatic carbocycles. The van der Waals surface area contributed by atoms with Crippen LogP contribution in [0, 0.1) is 0 Å². The molecule has 0 bridgehead atoms. The molecule has 3 rings (SSSR count). The van der Waals surface area contributed by atoms with E-state index in [-0.39, 0.29) is 5.60 Å². The van der Waals surface area contributed by atoms with Crippen LogP contribution in [0.25, 0.3) is 0 Å². The number of nitrogens with one attached hydrogen (secondary N) is 1. The van der Waals surface area contributed by atoms with Crippen LogP contribution in [0.3, 0.4) is 0 Å². The van der Waals surface area contributed by atoms with Gasteiger partial charge >= 0.3 is 0 Å². The van der Waals surface area contributed by atoms with Gasteiger partial charge < -0.3 is 9.47 Å². The van der Waals surface area contributed by atoms with E-state index in [2.05, 4.69) is 11.4 Å². The zero-order valence-corrected chi connectivity index (χ0v) is 7.95. The monoisotopic (exact) mass is 191 g/mol. The molecule has 0 aliphatic carbocycles. The summed E-state index contributed by atoms with van der Waals surface area (Å²) in [6, 6.07) is 8.15. The minimum absolute atomic E-state index is 0.130. The fourth-order valence-electron chi connectivity index (χ4n) is 2.26. The average molecular weight is 191 g/mol. The molecule has 0 radical (unpaired) electrons. The van der Waals surface area contributed by atoms with Crippen LogP contribution >= 0.6 is 0 Å². The van der Waals surface area contributed by atoms with Crippen LogP contribution in [0.15, 0.2) is 24.3 Å². The van der Waals surface area contributed by atoms with Crippen LogP contribution in [0.2, 0.25) is 0 Å². The minimum atomic E-state index is -0.130. The molecular formula is C11H13NO2. The number of hydrogen-bond donors (Lipinski definition) is 1. The molecule has 1 atom stereocenters. The quantitative estimate of drug-likeness (QED) is 0.669. The zero-order valence-electron chi connectivity index (χ0n) is 7.95. The van der Waals surface area contributed by atoms with Crippen molar-refractivity contribution >= 4 is 0 Å². The van der Waals surface area contributed by atoms with Crippen LogP contribution in [0.1, 0.15) is 12.0 Å². The second-order valence-electron chi connectivity index (χ2n) is 3.80. The molecule has 1 unspecified atom stereocenters. The largest absolute Gasteiger partial charge is 0.493 e. The predicted octanol–water partition coefficient (Wildman–Crippen LogP) is 1.24. The van der Waals surface area contributed by atoms with Crippen LogP contribution < -0.4 is 10.1 Å². The Kier molecular flexibility index (Phi) is 1.75. The highest BCUT2D eigenvalue weighted by Gasteiger charge is 2.41. The number of fused-ring (bicyclic) bond motifs is 2. The molecule has 2 aliphatic heterocycles. The molecule has 1 N–H and O–H groups in total. The first-order valence-corrected chi connectivity index (χ1v) is 4.98. The molecule has 14 heavy (non-hydrogen) atoms. The number of para-hydroxylation sites is 1. The summed E-state index contributed by atoms with van der Waals surface area (Å²) in [7, 11) is 0. The van der Waals surface area contributed by atoms with Gasteiger partial charge in [0.1, 0.15) is 11.4 Å². The Morgan fingerprint density at radius 2 is 2.21 bits per heavy atom. The van der Waals surface area contributed by atoms with E-state index in [1.807, 2.05) is 18.2 Å². The van der Waals surface area contributed by atoms with Crippen molar-refractivity contribution in [1.29, 1.82) is 0 Å². The van der Waals surface area contributed by atoms with Crippen molar-refractivity contribution < 1.29 is 9.47 Å². The molecule has 2 aliphatic rings. The normalized spacial score (nSPS) is 30.0. The van der Waals surface area contributed by atoms with Gasteiger partial charge in [0.25, 0.3) is 0 Å². The van der Waals surface area contributed by atoms with E-state index < -0.39 is 0 Å². The van der Waals surface area contributed by atoms with Gasteiger partial charge in [-0.1, -0.05) is 18.2 Å². The molecule has 1 aromatic rings. The van der Waals surface area contributed by atoms with E-state index in [0.29, 0.717) is 6.73 Å². The minimum Gasteiger partial charge on any atom is -0.493 e. The maximum Gasteiger partial charge on any atom is 0.125 e. The molecule has 1 saturated heterocycles. The number of hydrogen-bond acceptors (Lipinski definition) is 3. The fourth-order valence-corrected chi connectivity index (χ4v) is 2.26. The van der Waals surface area contributed by atoms with Gasteiger partial charge in [-0.05, 0) is 6.07 Å². The summed E-state index contributed by atoms with van der Waals surface area (Å²) >= 11 is 0. The first-order chi connectivity index (χ1) is 6.91. The predicted molar refractivity (Wildman–Crippen MR) is 52.2 cm³/mol. The maximum absolute atomic E-state index is 5.82. The Morgan fingerprint density at radius 3 is 3.07 bits per heavy atom. The third-order valence-electron chi connectivity index (χ3n) is 3.00. The Morgan fingerprint density at radius 1 is 1.29 bits per heavy atom. The Balaban J connectivity index is 2.10. The summed E-state index contributed by atoms with van der Waals surface area (Å²) in [5, 5.41) is 3.25. The highest BCUT2D eigenvalue weighted by molar-refractivity contribution is 5.40. The molecule has 74 valence electrons. The standard InChI is InChI=1S/C11H13NO2/c1-2-4-10-9(3-1)11(5-6-13-10)7-12-8-14-11/h1-4,12H,5-8H2. The van der Waals surface area contributed by atoms with Gasteiger partial charge in [0.05, 0.1) is 13.3 Å². The van der Waals surface area contributed by atoms with E-state index >= 15 is 0 Å². The van der Waals surface area contributed by atoms with Gasteiger partial charge in [-0.15, -0.1) is 0 Å². The summed E-state index contributed by atoms with van der Waals surface area (Å²) in [5.74, 6) is 0.974. The lowest BCUT2D eigenvalue weighted by molar-refractivity contribution is -0.0228. The summed E-state index contributed by atoms with van der Waals surface area (Å²) < 4.78 is 11.4. The third kappa shape index (κ3) is 1.06. The van der Waals surface area contributed by atoms with Crippen molar-refractivity contribution in [3.05, 3.63) is 29.8 Å². The van der Waals surface area contributed by atoms with Crippen LogP contribution in [0.4, 0.5) is 0 Å². The first-order valence-electron chi connectivity index (χ1n) is 4.98. The van der Waals surface area contributed by atoms with Crippen molar-refractivity contribution in [3.63, 3.8) is 0 Å². The molecule has 3 heteroatoms. The second kappa shape index (κ2) is 2.97. The molecule has 0 aromatic heterocycles. The number of ether oxygens (including phenoxy) is 2. The van der Waals surface area contributed by atoms with E-state index in [0.717, 1.165) is 25.3 Å². The van der Waals surface area contributed by atoms with Crippen LogP contribution in [0.5, 0.6) is 5.75 Å². The number of rotatable bonds is 0. The van der Waals surface area contributed by atoms with Crippen LogP contribution in [-0.2, 0) is 10.3 Å². The van der Waals surface area contributed by atoms with Gasteiger partial charge in [-0.3, -0.25) is 5.32 Å². The second-order valence-corrected chi connectivity index (χ2v) is 3.80. The molecule has 3 nitrogen and oxygen atoms in total. The number of benzene rings is 1. The summed E-state index contributed by atoms with van der Waals surface area (Å²) in [6.07, 6.45) is 0.941. The zero-order chi connectivity index (χ0) is 9.43. The summed E-state index contributed by atoms with van der Waals surface area (Å²) in [4.78, 5) is 0. The van der Waals surface area contributed by atoms with Gasteiger partial charge in [-0.25, -0.2) is 0 Å². The molecular weight excluding hydrogens is 178 g/mol. The lowest BCUT2D eigenvalue weighted by Gasteiger charge is -2.33. The Hall–Kier alpha value is -1.06. The first kappa shape index (κ1) is 8.26. The van der Waals surface area contributed by atoms with Gasteiger partial charge in [0.15, 0.2) is 0 Å². The van der Waals surface area contributed by atoms with Crippen LogP contribution in [-0.4, -0.2) is 19.9 Å². The highest BCUT2D eigenvalue weighted by atomic mass is 16.5. The smallest absolute Gasteiger partial charge is 0.125 e. The maximum atomic E-state index is 5.82. The molecule has 1 spiro atoms. The van der Waals surface area contributed by atoms with E-state index in [9.17, 15) is 0 Å². The summed E-state index contributed by atoms with van der Waals surface area (Å²) in [5.41, 5.74) is 1.06. The average Bonchev–Trinajstić information content (AvgIpc) is 2.68. The Labute approximate surface area is 83.0 Å². The lowest BCUT2D eigenvalue weighted by atomic mass is 9.88. The molecule has 1 fully saturated rings. The summed E-state index contributed by atoms with van der Waals surface area (Å²) in [6.45, 7) is 2.29. The highest BCUT2D eigenvalue weighted by Crippen LogP contribution is 2.40. The molecule has 0 saturated carbocycles. The van der Waals surface area contributed by atoms with E-state index in [1.165, 1.54) is 5.56 Å². The van der Waals surface area contributed by atoms with Crippen molar-refractivity contribution in [1.82, 2.24) is 5.32 Å². The van der Waals surface area contributed by atoms with Gasteiger partial charge in [0, 0.05) is 18.5 Å². The lowest BCUT2D eigenvalue weighted by Crippen LogP contribution is -2.36. The third-order valence-corrected chi connectivity index (χ3v) is 3.00.